The number of carbonyl (C=O) groups is 1. The summed E-state index contributed by atoms with van der Waals surface area (Å²) < 4.78 is 2.71. The van der Waals surface area contributed by atoms with Crippen LogP contribution in [0.1, 0.15) is 16.1 Å². The van der Waals surface area contributed by atoms with Crippen molar-refractivity contribution in [3.05, 3.63) is 45.3 Å². The zero-order valence-electron chi connectivity index (χ0n) is 8.72. The molecule has 0 N–H and O–H groups in total. The number of rotatable bonds is 3. The Kier molecular flexibility index (Phi) is 3.33. The Labute approximate surface area is 107 Å². The van der Waals surface area contributed by atoms with Crippen molar-refractivity contribution in [2.24, 2.45) is 7.05 Å². The third-order valence-electron chi connectivity index (χ3n) is 2.16. The van der Waals surface area contributed by atoms with Gasteiger partial charge in [0.15, 0.2) is 5.78 Å². The Morgan fingerprint density at radius 3 is 2.62 bits per heavy atom. The van der Waals surface area contributed by atoms with Crippen LogP contribution in [0.3, 0.4) is 0 Å². The van der Waals surface area contributed by atoms with Gasteiger partial charge in [-0.25, -0.2) is 0 Å². The third kappa shape index (κ3) is 2.66. The van der Waals surface area contributed by atoms with Crippen LogP contribution in [0.25, 0.3) is 0 Å². The van der Waals surface area contributed by atoms with E-state index in [2.05, 4.69) is 32.9 Å². The third-order valence-corrected chi connectivity index (χ3v) is 2.88. The molecule has 0 spiro atoms. The van der Waals surface area contributed by atoms with Gasteiger partial charge in [0, 0.05) is 22.4 Å². The SMILES string of the molecule is Cn1cc(CC(=O)c2ccc(I)cc2)nn1. The van der Waals surface area contributed by atoms with Crippen LogP contribution in [0, 0.1) is 3.57 Å². The first-order chi connectivity index (χ1) is 7.65. The largest absolute Gasteiger partial charge is 0.294 e. The fourth-order valence-electron chi connectivity index (χ4n) is 1.38. The lowest BCUT2D eigenvalue weighted by Crippen LogP contribution is -2.03. The number of aryl methyl sites for hydroxylation is 1. The first-order valence-electron chi connectivity index (χ1n) is 4.79. The van der Waals surface area contributed by atoms with Crippen molar-refractivity contribution in [3.8, 4) is 0 Å². The standard InChI is InChI=1S/C11H10IN3O/c1-15-7-10(13-14-15)6-11(16)8-2-4-9(12)5-3-8/h2-5,7H,6H2,1H3. The van der Waals surface area contributed by atoms with Gasteiger partial charge in [-0.3, -0.25) is 9.48 Å². The molecule has 0 bridgehead atoms. The predicted molar refractivity (Wildman–Crippen MR) is 68.2 cm³/mol. The van der Waals surface area contributed by atoms with Crippen molar-refractivity contribution in [1.29, 1.82) is 0 Å². The second-order valence-electron chi connectivity index (χ2n) is 3.49. The van der Waals surface area contributed by atoms with Crippen LogP contribution in [0.2, 0.25) is 0 Å². The lowest BCUT2D eigenvalue weighted by atomic mass is 10.1. The number of nitrogens with zero attached hydrogens (tertiary/aromatic N) is 3. The fourth-order valence-corrected chi connectivity index (χ4v) is 1.74. The van der Waals surface area contributed by atoms with Gasteiger partial charge in [0.25, 0.3) is 0 Å². The lowest BCUT2D eigenvalue weighted by Gasteiger charge is -1.98. The molecule has 0 aliphatic carbocycles. The van der Waals surface area contributed by atoms with E-state index in [9.17, 15) is 4.79 Å². The van der Waals surface area contributed by atoms with Crippen molar-refractivity contribution >= 4 is 28.4 Å². The monoisotopic (exact) mass is 327 g/mol. The number of hydrogen-bond acceptors (Lipinski definition) is 3. The summed E-state index contributed by atoms with van der Waals surface area (Å²) in [6.45, 7) is 0. The molecule has 2 rings (SSSR count). The Hall–Kier alpha value is -1.24. The van der Waals surface area contributed by atoms with Crippen molar-refractivity contribution < 1.29 is 4.79 Å². The Bertz CT molecular complexity index is 504. The van der Waals surface area contributed by atoms with Crippen LogP contribution in [0.5, 0.6) is 0 Å². The minimum atomic E-state index is 0.0666. The summed E-state index contributed by atoms with van der Waals surface area (Å²) in [7, 11) is 1.78. The zero-order chi connectivity index (χ0) is 11.5. The summed E-state index contributed by atoms with van der Waals surface area (Å²) in [5.74, 6) is 0.0666. The highest BCUT2D eigenvalue weighted by atomic mass is 127. The van der Waals surface area contributed by atoms with Crippen molar-refractivity contribution in [1.82, 2.24) is 15.0 Å². The lowest BCUT2D eigenvalue weighted by molar-refractivity contribution is 0.0992. The molecule has 1 aromatic carbocycles. The number of benzene rings is 1. The molecule has 0 saturated heterocycles. The fraction of sp³-hybridized carbons (Fsp3) is 0.182. The van der Waals surface area contributed by atoms with Gasteiger partial charge in [0.2, 0.25) is 0 Å². The zero-order valence-corrected chi connectivity index (χ0v) is 10.9. The van der Waals surface area contributed by atoms with Crippen LogP contribution in [0.15, 0.2) is 30.5 Å². The topological polar surface area (TPSA) is 47.8 Å². The highest BCUT2D eigenvalue weighted by molar-refractivity contribution is 14.1. The van der Waals surface area contributed by atoms with Gasteiger partial charge in [0.05, 0.1) is 12.1 Å². The average molecular weight is 327 g/mol. The molecule has 1 aromatic heterocycles. The molecule has 0 unspecified atom stereocenters. The minimum Gasteiger partial charge on any atom is -0.294 e. The Morgan fingerprint density at radius 1 is 1.38 bits per heavy atom. The van der Waals surface area contributed by atoms with Gasteiger partial charge < -0.3 is 0 Å². The van der Waals surface area contributed by atoms with Crippen LogP contribution in [0.4, 0.5) is 0 Å². The molecule has 1 heterocycles. The molecule has 0 aliphatic heterocycles. The number of carbonyl (C=O) groups excluding carboxylic acids is 1. The molecule has 0 saturated carbocycles. The molecule has 16 heavy (non-hydrogen) atoms. The Morgan fingerprint density at radius 2 is 2.06 bits per heavy atom. The minimum absolute atomic E-state index is 0.0666. The van der Waals surface area contributed by atoms with E-state index >= 15 is 0 Å². The molecule has 82 valence electrons. The van der Waals surface area contributed by atoms with E-state index in [4.69, 9.17) is 0 Å². The van der Waals surface area contributed by atoms with Crippen LogP contribution in [-0.4, -0.2) is 20.8 Å². The number of Topliss-reactive ketones (excluding diaryl/α,β-unsaturated/α-hetero) is 1. The van der Waals surface area contributed by atoms with E-state index in [-0.39, 0.29) is 5.78 Å². The van der Waals surface area contributed by atoms with Crippen LogP contribution in [-0.2, 0) is 13.5 Å². The molecule has 0 fully saturated rings. The number of hydrogen-bond donors (Lipinski definition) is 0. The molecule has 0 atom stereocenters. The average Bonchev–Trinajstić information content (AvgIpc) is 2.65. The van der Waals surface area contributed by atoms with Gasteiger partial charge in [-0.15, -0.1) is 5.10 Å². The van der Waals surface area contributed by atoms with Gasteiger partial charge in [-0.2, -0.15) is 0 Å². The number of halogens is 1. The first-order valence-corrected chi connectivity index (χ1v) is 5.87. The van der Waals surface area contributed by atoms with E-state index in [1.165, 1.54) is 0 Å². The second kappa shape index (κ2) is 4.73. The smallest absolute Gasteiger partial charge is 0.168 e. The van der Waals surface area contributed by atoms with Crippen molar-refractivity contribution in [2.45, 2.75) is 6.42 Å². The van der Waals surface area contributed by atoms with Gasteiger partial charge >= 0.3 is 0 Å². The Balaban J connectivity index is 2.11. The van der Waals surface area contributed by atoms with Crippen molar-refractivity contribution in [3.63, 3.8) is 0 Å². The normalized spacial score (nSPS) is 10.4. The summed E-state index contributed by atoms with van der Waals surface area (Å²) in [6.07, 6.45) is 2.05. The van der Waals surface area contributed by atoms with Crippen LogP contribution >= 0.6 is 22.6 Å². The second-order valence-corrected chi connectivity index (χ2v) is 4.74. The summed E-state index contributed by atoms with van der Waals surface area (Å²) in [4.78, 5) is 11.9. The summed E-state index contributed by atoms with van der Waals surface area (Å²) >= 11 is 2.21. The maximum atomic E-state index is 11.9. The summed E-state index contributed by atoms with van der Waals surface area (Å²) in [5, 5.41) is 7.68. The molecular weight excluding hydrogens is 317 g/mol. The number of ketones is 1. The molecular formula is C11H10IN3O. The molecule has 0 radical (unpaired) electrons. The van der Waals surface area contributed by atoms with Crippen LogP contribution < -0.4 is 0 Å². The molecule has 4 nitrogen and oxygen atoms in total. The van der Waals surface area contributed by atoms with E-state index < -0.39 is 0 Å². The van der Waals surface area contributed by atoms with E-state index in [0.29, 0.717) is 17.7 Å². The summed E-state index contributed by atoms with van der Waals surface area (Å²) in [5.41, 5.74) is 1.41. The molecule has 5 heteroatoms. The van der Waals surface area contributed by atoms with E-state index in [1.807, 2.05) is 24.3 Å². The van der Waals surface area contributed by atoms with Gasteiger partial charge in [-0.1, -0.05) is 17.3 Å². The van der Waals surface area contributed by atoms with Gasteiger partial charge in [0.1, 0.15) is 0 Å². The predicted octanol–water partition coefficient (Wildman–Crippen LogP) is 1.85. The van der Waals surface area contributed by atoms with Crippen molar-refractivity contribution in [2.75, 3.05) is 0 Å². The van der Waals surface area contributed by atoms with Gasteiger partial charge in [-0.05, 0) is 34.7 Å². The molecule has 0 aliphatic rings. The van der Waals surface area contributed by atoms with E-state index in [0.717, 1.165) is 3.57 Å². The first kappa shape index (κ1) is 11.3. The highest BCUT2D eigenvalue weighted by Crippen LogP contribution is 2.09. The number of aromatic nitrogens is 3. The summed E-state index contributed by atoms with van der Waals surface area (Å²) in [6, 6.07) is 7.51. The maximum absolute atomic E-state index is 11.9. The van der Waals surface area contributed by atoms with E-state index in [1.54, 1.807) is 17.9 Å². The molecule has 2 aromatic rings. The molecule has 0 amide bonds. The maximum Gasteiger partial charge on any atom is 0.168 e. The highest BCUT2D eigenvalue weighted by Gasteiger charge is 2.09. The quantitative estimate of drug-likeness (QED) is 0.638.